The van der Waals surface area contributed by atoms with Crippen molar-refractivity contribution in [2.24, 2.45) is 5.10 Å². The first-order chi connectivity index (χ1) is 12.8. The van der Waals surface area contributed by atoms with E-state index in [4.69, 9.17) is 4.74 Å². The van der Waals surface area contributed by atoms with Gasteiger partial charge >= 0.3 is 0 Å². The minimum absolute atomic E-state index is 0.0413. The van der Waals surface area contributed by atoms with Gasteiger partial charge in [0, 0.05) is 12.0 Å². The first kappa shape index (κ1) is 19.7. The van der Waals surface area contributed by atoms with E-state index < -0.39 is 0 Å². The summed E-state index contributed by atoms with van der Waals surface area (Å²) in [5.74, 6) is 0.703. The number of rotatable bonds is 11. The molecule has 1 N–H and O–H groups in total. The molecule has 2 rings (SSSR count). The summed E-state index contributed by atoms with van der Waals surface area (Å²) < 4.78 is 5.88. The lowest BCUT2D eigenvalue weighted by molar-refractivity contribution is -0.121. The zero-order valence-electron chi connectivity index (χ0n) is 15.5. The molecule has 2 aromatic carbocycles. The van der Waals surface area contributed by atoms with Gasteiger partial charge in [-0.05, 0) is 24.1 Å². The first-order valence-electron chi connectivity index (χ1n) is 9.37. The molecule has 0 unspecified atom stereocenters. The molecule has 0 atom stereocenters. The molecule has 2 aromatic rings. The number of hydrogen-bond donors (Lipinski definition) is 1. The number of nitrogens with zero attached hydrogens (tertiary/aromatic N) is 1. The average Bonchev–Trinajstić information content (AvgIpc) is 2.68. The molecule has 0 bridgehead atoms. The second kappa shape index (κ2) is 11.9. The number of carbonyl (C=O) groups is 1. The Labute approximate surface area is 156 Å². The summed E-state index contributed by atoms with van der Waals surface area (Å²) in [5.41, 5.74) is 4.54. The standard InChI is InChI=1S/C22H28N2O2/c1-2-3-4-5-9-16-22(25)24-23-17-20-14-10-11-15-21(20)26-18-19-12-7-6-8-13-19/h6-8,10-15,17H,2-5,9,16,18H2,1H3,(H,24,25). The Bertz CT molecular complexity index is 684. The number of nitrogens with one attached hydrogen (secondary N) is 1. The van der Waals surface area contributed by atoms with Crippen molar-refractivity contribution < 1.29 is 9.53 Å². The summed E-state index contributed by atoms with van der Waals surface area (Å²) in [6.07, 6.45) is 7.81. The van der Waals surface area contributed by atoms with Gasteiger partial charge in [0.15, 0.2) is 0 Å². The molecule has 0 saturated carbocycles. The Hall–Kier alpha value is -2.62. The lowest BCUT2D eigenvalue weighted by Gasteiger charge is -2.09. The predicted octanol–water partition coefficient (Wildman–Crippen LogP) is 5.08. The van der Waals surface area contributed by atoms with Gasteiger partial charge in [-0.3, -0.25) is 4.79 Å². The van der Waals surface area contributed by atoms with Crippen molar-refractivity contribution >= 4 is 12.1 Å². The summed E-state index contributed by atoms with van der Waals surface area (Å²) in [6.45, 7) is 2.68. The molecule has 26 heavy (non-hydrogen) atoms. The third-order valence-corrected chi connectivity index (χ3v) is 4.06. The molecule has 0 fully saturated rings. The largest absolute Gasteiger partial charge is 0.488 e. The van der Waals surface area contributed by atoms with E-state index in [0.29, 0.717) is 13.0 Å². The molecule has 0 aliphatic carbocycles. The molecule has 0 radical (unpaired) electrons. The van der Waals surface area contributed by atoms with Crippen molar-refractivity contribution in [3.63, 3.8) is 0 Å². The summed E-state index contributed by atoms with van der Waals surface area (Å²) in [6, 6.07) is 17.7. The number of amides is 1. The van der Waals surface area contributed by atoms with Gasteiger partial charge in [-0.25, -0.2) is 5.43 Å². The number of hydrogen-bond acceptors (Lipinski definition) is 3. The molecule has 0 aliphatic heterocycles. The molecular weight excluding hydrogens is 324 g/mol. The molecule has 0 aromatic heterocycles. The van der Waals surface area contributed by atoms with Crippen LogP contribution in [-0.2, 0) is 11.4 Å². The van der Waals surface area contributed by atoms with Crippen molar-refractivity contribution in [3.8, 4) is 5.75 Å². The third-order valence-electron chi connectivity index (χ3n) is 4.06. The van der Waals surface area contributed by atoms with E-state index in [1.165, 1.54) is 19.3 Å². The van der Waals surface area contributed by atoms with Gasteiger partial charge in [0.05, 0.1) is 6.21 Å². The second-order valence-electron chi connectivity index (χ2n) is 6.27. The van der Waals surface area contributed by atoms with Gasteiger partial charge in [-0.1, -0.05) is 75.1 Å². The topological polar surface area (TPSA) is 50.7 Å². The minimum atomic E-state index is -0.0413. The Morgan fingerprint density at radius 3 is 2.54 bits per heavy atom. The van der Waals surface area contributed by atoms with Gasteiger partial charge in [0.2, 0.25) is 5.91 Å². The van der Waals surface area contributed by atoms with E-state index in [2.05, 4.69) is 17.5 Å². The molecule has 0 aliphatic rings. The molecule has 0 spiro atoms. The van der Waals surface area contributed by atoms with Crippen LogP contribution in [0.1, 0.15) is 56.6 Å². The number of carbonyl (C=O) groups excluding carboxylic acids is 1. The molecule has 0 heterocycles. The lowest BCUT2D eigenvalue weighted by Crippen LogP contribution is -2.17. The van der Waals surface area contributed by atoms with E-state index in [-0.39, 0.29) is 5.91 Å². The van der Waals surface area contributed by atoms with Crippen LogP contribution in [0.5, 0.6) is 5.75 Å². The summed E-state index contributed by atoms with van der Waals surface area (Å²) in [5, 5.41) is 4.07. The second-order valence-corrected chi connectivity index (χ2v) is 6.27. The van der Waals surface area contributed by atoms with Crippen molar-refractivity contribution in [3.05, 3.63) is 65.7 Å². The fourth-order valence-corrected chi connectivity index (χ4v) is 2.57. The van der Waals surface area contributed by atoms with Crippen LogP contribution in [0.15, 0.2) is 59.7 Å². The monoisotopic (exact) mass is 352 g/mol. The lowest BCUT2D eigenvalue weighted by atomic mass is 10.1. The smallest absolute Gasteiger partial charge is 0.240 e. The number of para-hydroxylation sites is 1. The molecule has 1 amide bonds. The molecule has 4 nitrogen and oxygen atoms in total. The third kappa shape index (κ3) is 7.51. The van der Waals surface area contributed by atoms with Gasteiger partial charge < -0.3 is 4.74 Å². The van der Waals surface area contributed by atoms with Crippen LogP contribution >= 0.6 is 0 Å². The Balaban J connectivity index is 1.79. The van der Waals surface area contributed by atoms with Crippen molar-refractivity contribution in [1.82, 2.24) is 5.43 Å². The number of ether oxygens (including phenoxy) is 1. The van der Waals surface area contributed by atoms with Crippen LogP contribution in [0.4, 0.5) is 0 Å². The van der Waals surface area contributed by atoms with E-state index >= 15 is 0 Å². The number of benzene rings is 2. The summed E-state index contributed by atoms with van der Waals surface area (Å²) in [7, 11) is 0. The van der Waals surface area contributed by atoms with Crippen LogP contribution in [-0.4, -0.2) is 12.1 Å². The zero-order chi connectivity index (χ0) is 18.5. The number of hydrazone groups is 1. The van der Waals surface area contributed by atoms with Gasteiger partial charge in [0.1, 0.15) is 12.4 Å². The molecule has 4 heteroatoms. The minimum Gasteiger partial charge on any atom is -0.488 e. The highest BCUT2D eigenvalue weighted by Gasteiger charge is 2.02. The SMILES string of the molecule is CCCCCCCC(=O)NN=Cc1ccccc1OCc1ccccc1. The van der Waals surface area contributed by atoms with Crippen LogP contribution in [0, 0.1) is 0 Å². The summed E-state index contributed by atoms with van der Waals surface area (Å²) in [4.78, 5) is 11.8. The van der Waals surface area contributed by atoms with Gasteiger partial charge in [-0.15, -0.1) is 0 Å². The first-order valence-corrected chi connectivity index (χ1v) is 9.37. The van der Waals surface area contributed by atoms with Crippen LogP contribution in [0.25, 0.3) is 0 Å². The zero-order valence-corrected chi connectivity index (χ0v) is 15.5. The highest BCUT2D eigenvalue weighted by molar-refractivity contribution is 5.85. The Kier molecular flexibility index (Phi) is 8.98. The highest BCUT2D eigenvalue weighted by Crippen LogP contribution is 2.17. The van der Waals surface area contributed by atoms with Crippen LogP contribution in [0.3, 0.4) is 0 Å². The Morgan fingerprint density at radius 2 is 1.73 bits per heavy atom. The van der Waals surface area contributed by atoms with Crippen molar-refractivity contribution in [2.75, 3.05) is 0 Å². The Morgan fingerprint density at radius 1 is 1.00 bits per heavy atom. The maximum absolute atomic E-state index is 11.8. The molecular formula is C22H28N2O2. The van der Waals surface area contributed by atoms with E-state index in [9.17, 15) is 4.79 Å². The fraction of sp³-hybridized carbons (Fsp3) is 0.364. The van der Waals surface area contributed by atoms with E-state index in [1.54, 1.807) is 6.21 Å². The predicted molar refractivity (Wildman–Crippen MR) is 106 cm³/mol. The van der Waals surface area contributed by atoms with E-state index in [0.717, 1.165) is 29.7 Å². The van der Waals surface area contributed by atoms with E-state index in [1.807, 2.05) is 54.6 Å². The van der Waals surface area contributed by atoms with Crippen LogP contribution in [0.2, 0.25) is 0 Å². The van der Waals surface area contributed by atoms with Gasteiger partial charge in [-0.2, -0.15) is 5.10 Å². The maximum atomic E-state index is 11.8. The molecule has 138 valence electrons. The normalized spacial score (nSPS) is 10.8. The van der Waals surface area contributed by atoms with Crippen molar-refractivity contribution in [1.29, 1.82) is 0 Å². The van der Waals surface area contributed by atoms with Crippen molar-refractivity contribution in [2.45, 2.75) is 52.1 Å². The molecule has 0 saturated heterocycles. The average molecular weight is 352 g/mol. The number of unbranched alkanes of at least 4 members (excludes halogenated alkanes) is 4. The fourth-order valence-electron chi connectivity index (χ4n) is 2.57. The quantitative estimate of drug-likeness (QED) is 0.348. The summed E-state index contributed by atoms with van der Waals surface area (Å²) >= 11 is 0. The maximum Gasteiger partial charge on any atom is 0.240 e. The van der Waals surface area contributed by atoms with Crippen LogP contribution < -0.4 is 10.2 Å². The highest BCUT2D eigenvalue weighted by atomic mass is 16.5. The van der Waals surface area contributed by atoms with Gasteiger partial charge in [0.25, 0.3) is 0 Å².